The minimum absolute atomic E-state index is 0.0329. The predicted molar refractivity (Wildman–Crippen MR) is 99.5 cm³/mol. The summed E-state index contributed by atoms with van der Waals surface area (Å²) in [6.07, 6.45) is 3.89. The number of rotatable bonds is 8. The topological polar surface area (TPSA) is 85.4 Å². The zero-order chi connectivity index (χ0) is 18.5. The second-order valence-corrected chi connectivity index (χ2v) is 6.28. The largest absolute Gasteiger partial charge is 0.477 e. The number of nitro benzene ring substituents is 1. The molecule has 0 atom stereocenters. The van der Waals surface area contributed by atoms with Crippen molar-refractivity contribution in [2.24, 2.45) is 0 Å². The van der Waals surface area contributed by atoms with Crippen LogP contribution in [0.15, 0.2) is 54.6 Å². The zero-order valence-electron chi connectivity index (χ0n) is 14.3. The van der Waals surface area contributed by atoms with Crippen LogP contribution in [0.2, 0.25) is 0 Å². The summed E-state index contributed by atoms with van der Waals surface area (Å²) < 4.78 is 1.74. The first-order valence-electron chi connectivity index (χ1n) is 8.61. The van der Waals surface area contributed by atoms with E-state index in [9.17, 15) is 20.0 Å². The number of carbonyl (C=O) groups is 1. The van der Waals surface area contributed by atoms with Crippen molar-refractivity contribution in [2.75, 3.05) is 0 Å². The van der Waals surface area contributed by atoms with Crippen molar-refractivity contribution < 1.29 is 14.8 Å². The molecule has 0 unspecified atom stereocenters. The van der Waals surface area contributed by atoms with E-state index in [-0.39, 0.29) is 11.4 Å². The average Bonchev–Trinajstić information content (AvgIpc) is 3.00. The van der Waals surface area contributed by atoms with Gasteiger partial charge in [-0.1, -0.05) is 36.8 Å². The van der Waals surface area contributed by atoms with Crippen molar-refractivity contribution in [2.45, 2.75) is 32.2 Å². The summed E-state index contributed by atoms with van der Waals surface area (Å²) in [6, 6.07) is 16.2. The van der Waals surface area contributed by atoms with Gasteiger partial charge in [0.15, 0.2) is 0 Å². The molecule has 0 aliphatic rings. The van der Waals surface area contributed by atoms with Crippen LogP contribution in [0.3, 0.4) is 0 Å². The molecule has 134 valence electrons. The van der Waals surface area contributed by atoms with Crippen molar-refractivity contribution >= 4 is 22.6 Å². The summed E-state index contributed by atoms with van der Waals surface area (Å²) in [5, 5.41) is 20.9. The summed E-state index contributed by atoms with van der Waals surface area (Å²) in [5.41, 5.74) is 2.16. The van der Waals surface area contributed by atoms with E-state index >= 15 is 0 Å². The third-order valence-electron chi connectivity index (χ3n) is 4.50. The monoisotopic (exact) mass is 352 g/mol. The molecular weight excluding hydrogens is 332 g/mol. The summed E-state index contributed by atoms with van der Waals surface area (Å²) in [4.78, 5) is 22.0. The fourth-order valence-electron chi connectivity index (χ4n) is 3.21. The highest BCUT2D eigenvalue weighted by atomic mass is 16.6. The van der Waals surface area contributed by atoms with Gasteiger partial charge in [-0.25, -0.2) is 4.79 Å². The van der Waals surface area contributed by atoms with E-state index in [1.165, 1.54) is 23.8 Å². The Bertz CT molecular complexity index is 932. The van der Waals surface area contributed by atoms with Gasteiger partial charge >= 0.3 is 5.97 Å². The second kappa shape index (κ2) is 7.82. The lowest BCUT2D eigenvalue weighted by molar-refractivity contribution is -0.384. The fourth-order valence-corrected chi connectivity index (χ4v) is 3.21. The van der Waals surface area contributed by atoms with E-state index in [1.54, 1.807) is 10.6 Å². The van der Waals surface area contributed by atoms with E-state index in [4.69, 9.17) is 0 Å². The first-order valence-corrected chi connectivity index (χ1v) is 8.61. The van der Waals surface area contributed by atoms with E-state index < -0.39 is 10.9 Å². The van der Waals surface area contributed by atoms with Crippen LogP contribution >= 0.6 is 0 Å². The van der Waals surface area contributed by atoms with Gasteiger partial charge in [-0.2, -0.15) is 0 Å². The molecule has 0 fully saturated rings. The molecule has 0 saturated heterocycles. The van der Waals surface area contributed by atoms with Crippen molar-refractivity contribution in [3.63, 3.8) is 0 Å². The molecule has 26 heavy (non-hydrogen) atoms. The summed E-state index contributed by atoms with van der Waals surface area (Å²) in [7, 11) is 0. The van der Waals surface area contributed by atoms with E-state index in [1.807, 2.05) is 18.2 Å². The number of aromatic nitrogens is 1. The number of non-ortho nitro benzene ring substituents is 1. The van der Waals surface area contributed by atoms with Crippen molar-refractivity contribution in [3.05, 3.63) is 76.0 Å². The van der Waals surface area contributed by atoms with Gasteiger partial charge in [0, 0.05) is 29.6 Å². The maximum Gasteiger partial charge on any atom is 0.352 e. The Hall–Kier alpha value is -3.15. The minimum atomic E-state index is -1.02. The zero-order valence-corrected chi connectivity index (χ0v) is 14.3. The molecule has 1 heterocycles. The van der Waals surface area contributed by atoms with Crippen LogP contribution < -0.4 is 0 Å². The molecule has 1 N–H and O–H groups in total. The van der Waals surface area contributed by atoms with Gasteiger partial charge in [-0.15, -0.1) is 0 Å². The number of nitrogens with zero attached hydrogens (tertiary/aromatic N) is 2. The van der Waals surface area contributed by atoms with Crippen molar-refractivity contribution in [1.82, 2.24) is 4.57 Å². The minimum Gasteiger partial charge on any atom is -0.477 e. The standard InChI is InChI=1S/C20H20N2O4/c23-20(24)19-14-16-13-17(22(25)26)10-11-18(16)21(19)12-6-2-5-9-15-7-3-1-4-8-15/h1,3-4,7-8,10-11,13-14H,2,5-6,9,12H2,(H,23,24). The maximum absolute atomic E-state index is 11.5. The molecular formula is C20H20N2O4. The molecule has 6 heteroatoms. The smallest absolute Gasteiger partial charge is 0.352 e. The normalized spacial score (nSPS) is 10.9. The van der Waals surface area contributed by atoms with Crippen molar-refractivity contribution in [1.29, 1.82) is 0 Å². The SMILES string of the molecule is O=C(O)c1cc2cc([N+](=O)[O-])ccc2n1CCCCCc1ccccc1. The van der Waals surface area contributed by atoms with Crippen molar-refractivity contribution in [3.8, 4) is 0 Å². The summed E-state index contributed by atoms with van der Waals surface area (Å²) in [6.45, 7) is 0.581. The lowest BCUT2D eigenvalue weighted by atomic mass is 10.1. The third kappa shape index (κ3) is 3.91. The highest BCUT2D eigenvalue weighted by Crippen LogP contribution is 2.25. The van der Waals surface area contributed by atoms with Gasteiger partial charge in [0.05, 0.1) is 4.92 Å². The molecule has 0 aliphatic heterocycles. The Labute approximate surface area is 150 Å². The Morgan fingerprint density at radius 1 is 1.04 bits per heavy atom. The molecule has 0 aliphatic carbocycles. The molecule has 0 bridgehead atoms. The number of carboxylic acid groups (broad SMARTS) is 1. The molecule has 1 aromatic heterocycles. The number of benzene rings is 2. The lowest BCUT2D eigenvalue weighted by Crippen LogP contribution is -2.08. The number of aromatic carboxylic acids is 1. The molecule has 2 aromatic carbocycles. The number of fused-ring (bicyclic) bond motifs is 1. The Balaban J connectivity index is 1.69. The van der Waals surface area contributed by atoms with Crippen LogP contribution in [0.1, 0.15) is 35.3 Å². The van der Waals surface area contributed by atoms with Crippen LogP contribution in [0.25, 0.3) is 10.9 Å². The van der Waals surface area contributed by atoms with Crippen LogP contribution in [-0.2, 0) is 13.0 Å². The van der Waals surface area contributed by atoms with E-state index in [0.29, 0.717) is 11.9 Å². The predicted octanol–water partition coefficient (Wildman–Crippen LogP) is 4.66. The van der Waals surface area contributed by atoms with E-state index in [0.717, 1.165) is 31.2 Å². The molecule has 3 rings (SSSR count). The number of hydrogen-bond acceptors (Lipinski definition) is 3. The summed E-state index contributed by atoms with van der Waals surface area (Å²) in [5.74, 6) is -1.02. The Kier molecular flexibility index (Phi) is 5.31. The molecule has 6 nitrogen and oxygen atoms in total. The van der Waals surface area contributed by atoms with Crippen LogP contribution in [0.4, 0.5) is 5.69 Å². The quantitative estimate of drug-likeness (QED) is 0.363. The number of nitro groups is 1. The Morgan fingerprint density at radius 3 is 2.50 bits per heavy atom. The van der Waals surface area contributed by atoms with Crippen LogP contribution in [0, 0.1) is 10.1 Å². The first-order chi connectivity index (χ1) is 12.6. The molecule has 0 amide bonds. The molecule has 0 radical (unpaired) electrons. The molecule has 0 saturated carbocycles. The molecule has 3 aromatic rings. The molecule has 0 spiro atoms. The first kappa shape index (κ1) is 17.7. The fraction of sp³-hybridized carbons (Fsp3) is 0.250. The highest BCUT2D eigenvalue weighted by Gasteiger charge is 2.16. The van der Waals surface area contributed by atoms with Gasteiger partial charge in [0.25, 0.3) is 5.69 Å². The van der Waals surface area contributed by atoms with Crippen LogP contribution in [0.5, 0.6) is 0 Å². The third-order valence-corrected chi connectivity index (χ3v) is 4.50. The average molecular weight is 352 g/mol. The van der Waals surface area contributed by atoms with Gasteiger partial charge in [-0.3, -0.25) is 10.1 Å². The number of carboxylic acids is 1. The summed E-state index contributed by atoms with van der Waals surface area (Å²) >= 11 is 0. The van der Waals surface area contributed by atoms with Crippen LogP contribution in [-0.4, -0.2) is 20.6 Å². The van der Waals surface area contributed by atoms with Gasteiger partial charge in [0.2, 0.25) is 0 Å². The van der Waals surface area contributed by atoms with E-state index in [2.05, 4.69) is 12.1 Å². The number of hydrogen-bond donors (Lipinski definition) is 1. The van der Waals surface area contributed by atoms with Gasteiger partial charge in [0.1, 0.15) is 5.69 Å². The maximum atomic E-state index is 11.5. The number of aryl methyl sites for hydroxylation is 2. The van der Waals surface area contributed by atoms with Gasteiger partial charge < -0.3 is 9.67 Å². The van der Waals surface area contributed by atoms with Gasteiger partial charge in [-0.05, 0) is 37.0 Å². The number of unbranched alkanes of at least 4 members (excludes halogenated alkanes) is 2. The second-order valence-electron chi connectivity index (χ2n) is 6.28. The lowest BCUT2D eigenvalue weighted by Gasteiger charge is -2.08. The highest BCUT2D eigenvalue weighted by molar-refractivity contribution is 5.95. The Morgan fingerprint density at radius 2 is 1.81 bits per heavy atom.